The molecule has 0 radical (unpaired) electrons. The Bertz CT molecular complexity index is 1310. The van der Waals surface area contributed by atoms with Crippen LogP contribution in [0.25, 0.3) is 11.0 Å². The van der Waals surface area contributed by atoms with Crippen molar-refractivity contribution < 1.29 is 23.4 Å². The number of nitrogens with one attached hydrogen (secondary N) is 2. The number of fused-ring (bicyclic) bond motifs is 4. The highest BCUT2D eigenvalue weighted by Gasteiger charge is 2.50. The summed E-state index contributed by atoms with van der Waals surface area (Å²) in [6, 6.07) is 11.5. The van der Waals surface area contributed by atoms with E-state index in [-0.39, 0.29) is 11.4 Å². The zero-order valence-corrected chi connectivity index (χ0v) is 23.1. The van der Waals surface area contributed by atoms with E-state index < -0.39 is 17.2 Å². The van der Waals surface area contributed by atoms with E-state index in [0.717, 1.165) is 37.0 Å². The first-order chi connectivity index (χ1) is 18.6. The van der Waals surface area contributed by atoms with Crippen molar-refractivity contribution in [3.05, 3.63) is 59.5 Å². The number of aromatic nitrogens is 2. The predicted octanol–water partition coefficient (Wildman–Crippen LogP) is 5.93. The monoisotopic (exact) mass is 536 g/mol. The van der Waals surface area contributed by atoms with Crippen molar-refractivity contribution >= 4 is 22.9 Å². The Labute approximate surface area is 228 Å². The fraction of sp³-hybridized carbons (Fsp3) is 0.500. The van der Waals surface area contributed by atoms with Crippen LogP contribution < -0.4 is 15.4 Å². The number of alkyl carbamates (subject to hydrolysis) is 1. The second-order valence-corrected chi connectivity index (χ2v) is 11.7. The maximum absolute atomic E-state index is 15.1. The van der Waals surface area contributed by atoms with Crippen molar-refractivity contribution in [1.82, 2.24) is 15.3 Å². The molecule has 3 fully saturated rings. The van der Waals surface area contributed by atoms with E-state index in [1.807, 2.05) is 57.2 Å². The highest BCUT2D eigenvalue weighted by Crippen LogP contribution is 2.46. The Morgan fingerprint density at radius 2 is 1.85 bits per heavy atom. The average Bonchev–Trinajstić information content (AvgIpc) is 2.91. The number of pyridine rings is 2. The van der Waals surface area contributed by atoms with Crippen LogP contribution in [0.15, 0.2) is 42.6 Å². The third-order valence-electron chi connectivity index (χ3n) is 7.77. The van der Waals surface area contributed by atoms with Crippen LogP contribution in [0, 0.1) is 5.82 Å². The van der Waals surface area contributed by atoms with Crippen molar-refractivity contribution in [2.24, 2.45) is 0 Å². The fourth-order valence-electron chi connectivity index (χ4n) is 5.49. The second-order valence-electron chi connectivity index (χ2n) is 11.7. The first-order valence-electron chi connectivity index (χ1n) is 13.5. The van der Waals surface area contributed by atoms with E-state index >= 15 is 4.39 Å². The Hall–Kier alpha value is -3.46. The van der Waals surface area contributed by atoms with Gasteiger partial charge in [0, 0.05) is 12.1 Å². The highest BCUT2D eigenvalue weighted by atomic mass is 19.1. The third-order valence-corrected chi connectivity index (χ3v) is 7.77. The molecule has 2 saturated heterocycles. The standard InChI is InChI=1S/C30H37FN4O4/c1-28(2,3)39-27(36)35-29-13-15-30(16-14-29,38-19-29)12-11-22-23(31)18-32-24-9-10-25(34-26(22)24)33-17-20-5-7-21(37-4)8-6-20/h5-10,18H,11-17,19H2,1-4H3,(H,33,34)(H,35,36). The number of halogens is 1. The van der Waals surface area contributed by atoms with Gasteiger partial charge in [0.25, 0.3) is 0 Å². The molecule has 0 unspecified atom stereocenters. The van der Waals surface area contributed by atoms with Crippen molar-refractivity contribution in [3.8, 4) is 5.75 Å². The van der Waals surface area contributed by atoms with E-state index in [9.17, 15) is 4.79 Å². The predicted molar refractivity (Wildman–Crippen MR) is 147 cm³/mol. The molecule has 3 aromatic rings. The topological polar surface area (TPSA) is 94.6 Å². The molecule has 0 spiro atoms. The fourth-order valence-corrected chi connectivity index (χ4v) is 5.49. The molecular weight excluding hydrogens is 499 g/mol. The Morgan fingerprint density at radius 1 is 1.10 bits per heavy atom. The van der Waals surface area contributed by atoms with Crippen LogP contribution >= 0.6 is 0 Å². The third kappa shape index (κ3) is 6.24. The smallest absolute Gasteiger partial charge is 0.408 e. The lowest BCUT2D eigenvalue weighted by Crippen LogP contribution is -2.63. The lowest BCUT2D eigenvalue weighted by Gasteiger charge is -2.53. The molecule has 9 heteroatoms. The van der Waals surface area contributed by atoms with Crippen LogP contribution in [0.5, 0.6) is 5.75 Å². The number of amides is 1. The molecule has 3 aliphatic rings. The van der Waals surface area contributed by atoms with E-state index in [1.165, 1.54) is 6.20 Å². The van der Waals surface area contributed by atoms with Gasteiger partial charge in [0.05, 0.1) is 42.1 Å². The van der Waals surface area contributed by atoms with E-state index in [4.69, 9.17) is 19.2 Å². The van der Waals surface area contributed by atoms with Gasteiger partial charge in [-0.2, -0.15) is 0 Å². The maximum Gasteiger partial charge on any atom is 0.408 e. The average molecular weight is 537 g/mol. The normalized spacial score (nSPS) is 22.5. The lowest BCUT2D eigenvalue weighted by atomic mass is 9.69. The van der Waals surface area contributed by atoms with Crippen LogP contribution in [0.3, 0.4) is 0 Å². The number of ether oxygens (including phenoxy) is 3. The number of aryl methyl sites for hydroxylation is 1. The van der Waals surface area contributed by atoms with Gasteiger partial charge in [0.1, 0.15) is 23.0 Å². The molecule has 2 bridgehead atoms. The Morgan fingerprint density at radius 3 is 2.49 bits per heavy atom. The molecule has 208 valence electrons. The van der Waals surface area contributed by atoms with Gasteiger partial charge in [0.15, 0.2) is 0 Å². The molecule has 1 aromatic carbocycles. The number of hydrogen-bond acceptors (Lipinski definition) is 7. The van der Waals surface area contributed by atoms with Crippen LogP contribution in [0.4, 0.5) is 15.0 Å². The second kappa shape index (κ2) is 10.6. The summed E-state index contributed by atoms with van der Waals surface area (Å²) in [5.41, 5.74) is 1.59. The zero-order valence-electron chi connectivity index (χ0n) is 23.1. The van der Waals surface area contributed by atoms with E-state index in [2.05, 4.69) is 15.6 Å². The first-order valence-corrected chi connectivity index (χ1v) is 13.5. The number of benzene rings is 1. The zero-order chi connectivity index (χ0) is 27.7. The van der Waals surface area contributed by atoms with E-state index in [1.54, 1.807) is 7.11 Å². The molecule has 39 heavy (non-hydrogen) atoms. The largest absolute Gasteiger partial charge is 0.497 e. The summed E-state index contributed by atoms with van der Waals surface area (Å²) in [6.07, 6.45) is 5.26. The maximum atomic E-state index is 15.1. The number of methoxy groups -OCH3 is 1. The SMILES string of the molecule is COc1ccc(CNc2ccc3ncc(F)c(CCC45CCC(NC(=O)OC(C)(C)C)(CC4)CO5)c3n2)cc1. The molecule has 2 aromatic heterocycles. The first kappa shape index (κ1) is 27.1. The molecule has 4 heterocycles. The van der Waals surface area contributed by atoms with Crippen LogP contribution in [-0.4, -0.2) is 46.5 Å². The molecule has 2 N–H and O–H groups in total. The van der Waals surface area contributed by atoms with Gasteiger partial charge >= 0.3 is 6.09 Å². The molecule has 0 atom stereocenters. The summed E-state index contributed by atoms with van der Waals surface area (Å²) >= 11 is 0. The molecule has 8 nitrogen and oxygen atoms in total. The number of carbonyl (C=O) groups is 1. The van der Waals surface area contributed by atoms with Crippen LogP contribution in [0.1, 0.15) is 64.0 Å². The van der Waals surface area contributed by atoms with Gasteiger partial charge in [-0.05, 0) is 89.1 Å². The molecular formula is C30H37FN4O4. The Balaban J connectivity index is 1.24. The number of nitrogens with zero attached hydrogens (tertiary/aromatic N) is 2. The van der Waals surface area contributed by atoms with Crippen molar-refractivity contribution in [2.45, 2.75) is 82.6 Å². The van der Waals surface area contributed by atoms with Gasteiger partial charge in [0.2, 0.25) is 0 Å². The van der Waals surface area contributed by atoms with Gasteiger partial charge in [-0.3, -0.25) is 4.98 Å². The summed E-state index contributed by atoms with van der Waals surface area (Å²) < 4.78 is 32.1. The molecule has 1 saturated carbocycles. The molecule has 1 aliphatic carbocycles. The quantitative estimate of drug-likeness (QED) is 0.369. The van der Waals surface area contributed by atoms with Crippen molar-refractivity contribution in [2.75, 3.05) is 19.0 Å². The summed E-state index contributed by atoms with van der Waals surface area (Å²) in [6.45, 7) is 6.57. The number of rotatable bonds is 8. The minimum Gasteiger partial charge on any atom is -0.497 e. The van der Waals surface area contributed by atoms with Gasteiger partial charge in [-0.15, -0.1) is 0 Å². The number of anilines is 1. The van der Waals surface area contributed by atoms with Gasteiger partial charge < -0.3 is 24.8 Å². The number of hydrogen-bond donors (Lipinski definition) is 2. The van der Waals surface area contributed by atoms with E-state index in [0.29, 0.717) is 48.4 Å². The van der Waals surface area contributed by atoms with Gasteiger partial charge in [-0.1, -0.05) is 12.1 Å². The van der Waals surface area contributed by atoms with Gasteiger partial charge in [-0.25, -0.2) is 14.2 Å². The summed E-state index contributed by atoms with van der Waals surface area (Å²) in [7, 11) is 1.64. The lowest BCUT2D eigenvalue weighted by molar-refractivity contribution is -0.163. The van der Waals surface area contributed by atoms with Crippen LogP contribution in [-0.2, 0) is 22.4 Å². The summed E-state index contributed by atoms with van der Waals surface area (Å²) in [5.74, 6) is 1.11. The Kier molecular flexibility index (Phi) is 7.37. The minimum atomic E-state index is -0.550. The van der Waals surface area contributed by atoms with Crippen molar-refractivity contribution in [1.29, 1.82) is 0 Å². The molecule has 2 aliphatic heterocycles. The molecule has 1 amide bonds. The van der Waals surface area contributed by atoms with Crippen molar-refractivity contribution in [3.63, 3.8) is 0 Å². The molecule has 6 rings (SSSR count). The number of carbonyl (C=O) groups excluding carboxylic acids is 1. The van der Waals surface area contributed by atoms with Crippen LogP contribution in [0.2, 0.25) is 0 Å². The minimum absolute atomic E-state index is 0.330. The highest BCUT2D eigenvalue weighted by molar-refractivity contribution is 5.79. The summed E-state index contributed by atoms with van der Waals surface area (Å²) in [4.78, 5) is 21.4. The summed E-state index contributed by atoms with van der Waals surface area (Å²) in [5, 5.41) is 6.39.